The number of rotatable bonds is 7. The number of amides is 1. The summed E-state index contributed by atoms with van der Waals surface area (Å²) in [5.41, 5.74) is 1.65. The topological polar surface area (TPSA) is 68.3 Å². The number of allylic oxidation sites excluding steroid dienone is 1. The standard InChI is InChI=1S/C21H30N2O3/c1-5-26-20(24)12-16-11-18(14(2)3)17(10-15(16)4)13-23-21(25)19-8-6-7-9-22-19/h6-10,14,16-18H,5,11-13H2,1-4H3,(H,23,25)/t16-,17+,18+/m1/s1. The van der Waals surface area contributed by atoms with E-state index < -0.39 is 0 Å². The third-order valence-corrected chi connectivity index (χ3v) is 5.20. The third kappa shape index (κ3) is 5.41. The molecule has 3 atom stereocenters. The molecule has 1 aromatic heterocycles. The summed E-state index contributed by atoms with van der Waals surface area (Å²) < 4.78 is 5.11. The monoisotopic (exact) mass is 358 g/mol. The Kier molecular flexibility index (Phi) is 7.37. The number of nitrogens with zero attached hydrogens (tertiary/aromatic N) is 1. The van der Waals surface area contributed by atoms with Gasteiger partial charge in [0.25, 0.3) is 5.91 Å². The number of esters is 1. The summed E-state index contributed by atoms with van der Waals surface area (Å²) in [6.07, 6.45) is 5.24. The van der Waals surface area contributed by atoms with Crippen LogP contribution in [0.5, 0.6) is 0 Å². The molecule has 5 nitrogen and oxygen atoms in total. The number of pyridine rings is 1. The molecule has 5 heteroatoms. The summed E-state index contributed by atoms with van der Waals surface area (Å²) in [6, 6.07) is 5.32. The number of ether oxygens (including phenoxy) is 1. The first-order valence-corrected chi connectivity index (χ1v) is 9.45. The molecule has 0 aromatic carbocycles. The van der Waals surface area contributed by atoms with Crippen LogP contribution in [0.1, 0.15) is 51.0 Å². The van der Waals surface area contributed by atoms with Crippen molar-refractivity contribution in [3.63, 3.8) is 0 Å². The van der Waals surface area contributed by atoms with Crippen molar-refractivity contribution >= 4 is 11.9 Å². The van der Waals surface area contributed by atoms with Crippen LogP contribution < -0.4 is 5.32 Å². The quantitative estimate of drug-likeness (QED) is 0.597. The minimum atomic E-state index is -0.146. The van der Waals surface area contributed by atoms with Crippen LogP contribution in [0.3, 0.4) is 0 Å². The van der Waals surface area contributed by atoms with Gasteiger partial charge in [-0.2, -0.15) is 0 Å². The molecule has 2 rings (SSSR count). The molecule has 0 radical (unpaired) electrons. The van der Waals surface area contributed by atoms with E-state index in [-0.39, 0.29) is 23.7 Å². The lowest BCUT2D eigenvalue weighted by Gasteiger charge is -2.37. The molecule has 1 aliphatic carbocycles. The van der Waals surface area contributed by atoms with E-state index in [1.165, 1.54) is 5.57 Å². The van der Waals surface area contributed by atoms with E-state index in [9.17, 15) is 9.59 Å². The lowest BCUT2D eigenvalue weighted by Crippen LogP contribution is -2.37. The zero-order valence-corrected chi connectivity index (χ0v) is 16.2. The van der Waals surface area contributed by atoms with E-state index in [4.69, 9.17) is 4.74 Å². The predicted octanol–water partition coefficient (Wildman–Crippen LogP) is 3.62. The van der Waals surface area contributed by atoms with E-state index in [0.29, 0.717) is 37.1 Å². The molecule has 1 aromatic rings. The number of hydrogen-bond acceptors (Lipinski definition) is 4. The van der Waals surface area contributed by atoms with Crippen LogP contribution in [-0.2, 0) is 9.53 Å². The molecule has 0 saturated carbocycles. The molecule has 0 spiro atoms. The summed E-state index contributed by atoms with van der Waals surface area (Å²) in [5, 5.41) is 3.01. The third-order valence-electron chi connectivity index (χ3n) is 5.20. The van der Waals surface area contributed by atoms with Crippen molar-refractivity contribution in [3.05, 3.63) is 41.7 Å². The van der Waals surface area contributed by atoms with Crippen LogP contribution in [0.2, 0.25) is 0 Å². The maximum absolute atomic E-state index is 12.3. The van der Waals surface area contributed by atoms with Gasteiger partial charge >= 0.3 is 5.97 Å². The molecular formula is C21H30N2O3. The van der Waals surface area contributed by atoms with Crippen molar-refractivity contribution in [1.29, 1.82) is 0 Å². The SMILES string of the molecule is CCOC(=O)C[C@H]1C[C@@H](C(C)C)[C@H](CNC(=O)c2ccccn2)C=C1C. The van der Waals surface area contributed by atoms with Crippen molar-refractivity contribution in [2.75, 3.05) is 13.2 Å². The molecule has 0 bridgehead atoms. The van der Waals surface area contributed by atoms with Crippen LogP contribution in [0.25, 0.3) is 0 Å². The minimum Gasteiger partial charge on any atom is -0.466 e. The van der Waals surface area contributed by atoms with Crippen molar-refractivity contribution in [3.8, 4) is 0 Å². The van der Waals surface area contributed by atoms with Crippen LogP contribution in [0.4, 0.5) is 0 Å². The van der Waals surface area contributed by atoms with Crippen LogP contribution in [0.15, 0.2) is 36.0 Å². The Morgan fingerprint density at radius 2 is 2.12 bits per heavy atom. The molecular weight excluding hydrogens is 328 g/mol. The number of aromatic nitrogens is 1. The zero-order valence-electron chi connectivity index (χ0n) is 16.2. The van der Waals surface area contributed by atoms with Gasteiger partial charge < -0.3 is 10.1 Å². The summed E-state index contributed by atoms with van der Waals surface area (Å²) in [5.74, 6) is 1.11. The first kappa shape index (κ1) is 20.1. The molecule has 1 heterocycles. The predicted molar refractivity (Wildman–Crippen MR) is 102 cm³/mol. The first-order valence-electron chi connectivity index (χ1n) is 9.45. The average Bonchev–Trinajstić information content (AvgIpc) is 2.62. The molecule has 142 valence electrons. The number of carbonyl (C=O) groups is 2. The second kappa shape index (κ2) is 9.51. The van der Waals surface area contributed by atoms with Gasteiger partial charge in [-0.3, -0.25) is 14.6 Å². The number of hydrogen-bond donors (Lipinski definition) is 1. The molecule has 0 unspecified atom stereocenters. The summed E-state index contributed by atoms with van der Waals surface area (Å²) in [7, 11) is 0. The normalized spacial score (nSPS) is 22.7. The lowest BCUT2D eigenvalue weighted by molar-refractivity contribution is -0.144. The van der Waals surface area contributed by atoms with E-state index in [1.54, 1.807) is 18.3 Å². The van der Waals surface area contributed by atoms with Crippen molar-refractivity contribution in [1.82, 2.24) is 10.3 Å². The average molecular weight is 358 g/mol. The Bertz CT molecular complexity index is 640. The molecule has 0 saturated heterocycles. The van der Waals surface area contributed by atoms with Gasteiger partial charge in [-0.05, 0) is 56.1 Å². The second-order valence-electron chi connectivity index (χ2n) is 7.35. The van der Waals surface area contributed by atoms with Gasteiger partial charge in [-0.25, -0.2) is 0 Å². The second-order valence-corrected chi connectivity index (χ2v) is 7.35. The van der Waals surface area contributed by atoms with Gasteiger partial charge in [0.1, 0.15) is 5.69 Å². The maximum Gasteiger partial charge on any atom is 0.306 e. The van der Waals surface area contributed by atoms with Gasteiger partial charge in [0, 0.05) is 12.7 Å². The fourth-order valence-corrected chi connectivity index (χ4v) is 3.73. The summed E-state index contributed by atoms with van der Waals surface area (Å²) in [4.78, 5) is 28.2. The molecule has 1 N–H and O–H groups in total. The van der Waals surface area contributed by atoms with E-state index in [0.717, 1.165) is 6.42 Å². The first-order chi connectivity index (χ1) is 12.4. The number of nitrogens with one attached hydrogen (secondary N) is 1. The lowest BCUT2D eigenvalue weighted by atomic mass is 9.70. The minimum absolute atomic E-state index is 0.130. The van der Waals surface area contributed by atoms with Gasteiger partial charge in [-0.1, -0.05) is 31.6 Å². The van der Waals surface area contributed by atoms with E-state index in [2.05, 4.69) is 37.1 Å². The highest BCUT2D eigenvalue weighted by Gasteiger charge is 2.33. The smallest absolute Gasteiger partial charge is 0.306 e. The van der Waals surface area contributed by atoms with Crippen molar-refractivity contribution in [2.45, 2.75) is 40.5 Å². The van der Waals surface area contributed by atoms with Gasteiger partial charge in [0.2, 0.25) is 0 Å². The highest BCUT2D eigenvalue weighted by molar-refractivity contribution is 5.92. The van der Waals surface area contributed by atoms with Gasteiger partial charge in [-0.15, -0.1) is 0 Å². The summed E-state index contributed by atoms with van der Waals surface area (Å²) in [6.45, 7) is 9.32. The van der Waals surface area contributed by atoms with Crippen molar-refractivity contribution in [2.24, 2.45) is 23.7 Å². The van der Waals surface area contributed by atoms with Crippen LogP contribution >= 0.6 is 0 Å². The fraction of sp³-hybridized carbons (Fsp3) is 0.571. The van der Waals surface area contributed by atoms with Gasteiger partial charge in [0.15, 0.2) is 0 Å². The Labute approximate surface area is 156 Å². The maximum atomic E-state index is 12.3. The fourth-order valence-electron chi connectivity index (χ4n) is 3.73. The Balaban J connectivity index is 2.03. The largest absolute Gasteiger partial charge is 0.466 e. The molecule has 0 aliphatic heterocycles. The van der Waals surface area contributed by atoms with Crippen LogP contribution in [0, 0.1) is 23.7 Å². The molecule has 1 aliphatic rings. The van der Waals surface area contributed by atoms with E-state index >= 15 is 0 Å². The number of carbonyl (C=O) groups excluding carboxylic acids is 2. The molecule has 1 amide bonds. The van der Waals surface area contributed by atoms with E-state index in [1.807, 2.05) is 13.0 Å². The highest BCUT2D eigenvalue weighted by atomic mass is 16.5. The van der Waals surface area contributed by atoms with Crippen molar-refractivity contribution < 1.29 is 14.3 Å². The highest BCUT2D eigenvalue weighted by Crippen LogP contribution is 2.38. The van der Waals surface area contributed by atoms with Gasteiger partial charge in [0.05, 0.1) is 13.0 Å². The molecule has 26 heavy (non-hydrogen) atoms. The summed E-state index contributed by atoms with van der Waals surface area (Å²) >= 11 is 0. The van der Waals surface area contributed by atoms with Crippen LogP contribution in [-0.4, -0.2) is 30.0 Å². The Morgan fingerprint density at radius 3 is 2.73 bits per heavy atom. The Hall–Kier alpha value is -2.17. The zero-order chi connectivity index (χ0) is 19.1. The molecule has 0 fully saturated rings. The Morgan fingerprint density at radius 1 is 1.35 bits per heavy atom.